The van der Waals surface area contributed by atoms with Gasteiger partial charge in [0.2, 0.25) is 0 Å². The molecule has 0 atom stereocenters. The fourth-order valence-corrected chi connectivity index (χ4v) is 1.50. The van der Waals surface area contributed by atoms with Crippen LogP contribution >= 0.6 is 0 Å². The van der Waals surface area contributed by atoms with E-state index in [1.165, 1.54) is 25.7 Å². The van der Waals surface area contributed by atoms with Gasteiger partial charge in [-0.25, -0.2) is 10.3 Å². The largest absolute Gasteiger partial charge is 0.350 e. The molecule has 0 bridgehead atoms. The van der Waals surface area contributed by atoms with E-state index in [-0.39, 0.29) is 6.10 Å². The van der Waals surface area contributed by atoms with Crippen LogP contribution in [-0.4, -0.2) is 12.1 Å². The first-order chi connectivity index (χ1) is 5.79. The normalized spacial score (nSPS) is 20.0. The number of hydrogen-bond donors (Lipinski definition) is 2. The first kappa shape index (κ1) is 9.32. The van der Waals surface area contributed by atoms with Crippen molar-refractivity contribution in [1.29, 1.82) is 0 Å². The number of nitrogens with two attached hydrogens (primary N) is 1. The first-order valence-corrected chi connectivity index (χ1v) is 4.50. The molecule has 0 aromatic rings. The molecule has 0 saturated heterocycles. The van der Waals surface area contributed by atoms with Crippen molar-refractivity contribution in [3.05, 3.63) is 0 Å². The van der Waals surface area contributed by atoms with Crippen molar-refractivity contribution in [2.75, 3.05) is 0 Å². The van der Waals surface area contributed by atoms with E-state index in [4.69, 9.17) is 10.6 Å². The van der Waals surface area contributed by atoms with Crippen molar-refractivity contribution in [2.45, 2.75) is 44.6 Å². The van der Waals surface area contributed by atoms with Crippen LogP contribution in [0.3, 0.4) is 0 Å². The first-order valence-electron chi connectivity index (χ1n) is 4.50. The average Bonchev–Trinajstić information content (AvgIpc) is 2.28. The molecule has 12 heavy (non-hydrogen) atoms. The van der Waals surface area contributed by atoms with Gasteiger partial charge in [-0.05, 0) is 12.8 Å². The molecule has 0 unspecified atom stereocenters. The number of amides is 2. The summed E-state index contributed by atoms with van der Waals surface area (Å²) in [5.41, 5.74) is 7.06. The van der Waals surface area contributed by atoms with Gasteiger partial charge in [0.05, 0.1) is 6.10 Å². The monoisotopic (exact) mass is 172 g/mol. The van der Waals surface area contributed by atoms with Crippen molar-refractivity contribution >= 4 is 6.03 Å². The molecule has 3 N–H and O–H groups in total. The van der Waals surface area contributed by atoms with Gasteiger partial charge in [0, 0.05) is 0 Å². The molecule has 0 spiro atoms. The Labute approximate surface area is 72.4 Å². The minimum Gasteiger partial charge on any atom is -0.350 e. The van der Waals surface area contributed by atoms with Gasteiger partial charge in [0.1, 0.15) is 0 Å². The summed E-state index contributed by atoms with van der Waals surface area (Å²) in [5, 5.41) is 0. The molecule has 0 aromatic carbocycles. The van der Waals surface area contributed by atoms with E-state index in [0.29, 0.717) is 0 Å². The topological polar surface area (TPSA) is 64.4 Å². The predicted molar refractivity (Wildman–Crippen MR) is 45.3 cm³/mol. The fourth-order valence-electron chi connectivity index (χ4n) is 1.50. The highest BCUT2D eigenvalue weighted by Gasteiger charge is 2.12. The summed E-state index contributed by atoms with van der Waals surface area (Å²) in [6.45, 7) is 0. The van der Waals surface area contributed by atoms with E-state index in [1.54, 1.807) is 0 Å². The van der Waals surface area contributed by atoms with Gasteiger partial charge in [0.25, 0.3) is 0 Å². The van der Waals surface area contributed by atoms with Crippen LogP contribution < -0.4 is 11.2 Å². The van der Waals surface area contributed by atoms with Gasteiger partial charge < -0.3 is 5.73 Å². The van der Waals surface area contributed by atoms with E-state index in [1.807, 2.05) is 0 Å². The maximum atomic E-state index is 10.3. The Morgan fingerprint density at radius 1 is 1.25 bits per heavy atom. The van der Waals surface area contributed by atoms with Crippen LogP contribution in [0.1, 0.15) is 38.5 Å². The lowest BCUT2D eigenvalue weighted by molar-refractivity contribution is -0.00961. The van der Waals surface area contributed by atoms with Crippen molar-refractivity contribution in [3.8, 4) is 0 Å². The summed E-state index contributed by atoms with van der Waals surface area (Å²) in [5.74, 6) is 0. The Morgan fingerprint density at radius 2 is 1.83 bits per heavy atom. The predicted octanol–water partition coefficient (Wildman–Crippen LogP) is 1.31. The number of urea groups is 1. The lowest BCUT2D eigenvalue weighted by atomic mass is 10.2. The molecule has 1 rings (SSSR count). The SMILES string of the molecule is NC(=O)NOC1CCCCCC1. The Balaban J connectivity index is 2.16. The molecule has 2 amide bonds. The van der Waals surface area contributed by atoms with Crippen LogP contribution in [0.25, 0.3) is 0 Å². The Bertz CT molecular complexity index is 142. The highest BCUT2D eigenvalue weighted by molar-refractivity contribution is 5.70. The van der Waals surface area contributed by atoms with E-state index >= 15 is 0 Å². The number of carbonyl (C=O) groups is 1. The summed E-state index contributed by atoms with van der Waals surface area (Å²) < 4.78 is 0. The van der Waals surface area contributed by atoms with Crippen molar-refractivity contribution < 1.29 is 9.63 Å². The number of hydroxylamine groups is 1. The Hall–Kier alpha value is -0.770. The molecular formula is C8H16N2O2. The summed E-state index contributed by atoms with van der Waals surface area (Å²) in [6.07, 6.45) is 7.14. The third-order valence-corrected chi connectivity index (χ3v) is 2.13. The number of hydrogen-bond acceptors (Lipinski definition) is 2. The molecule has 0 heterocycles. The van der Waals surface area contributed by atoms with Crippen LogP contribution in [-0.2, 0) is 4.84 Å². The highest BCUT2D eigenvalue weighted by Crippen LogP contribution is 2.18. The Kier molecular flexibility index (Phi) is 3.87. The van der Waals surface area contributed by atoms with Gasteiger partial charge in [-0.1, -0.05) is 25.7 Å². The average molecular weight is 172 g/mol. The fraction of sp³-hybridized carbons (Fsp3) is 0.875. The maximum Gasteiger partial charge on any atom is 0.336 e. The van der Waals surface area contributed by atoms with Gasteiger partial charge in [-0.15, -0.1) is 0 Å². The molecule has 1 aliphatic carbocycles. The van der Waals surface area contributed by atoms with E-state index in [2.05, 4.69) is 5.48 Å². The standard InChI is InChI=1S/C8H16N2O2/c9-8(11)10-12-7-5-3-1-2-4-6-7/h7H,1-6H2,(H3,9,10,11). The molecule has 4 nitrogen and oxygen atoms in total. The van der Waals surface area contributed by atoms with Crippen LogP contribution in [0.4, 0.5) is 4.79 Å². The quantitative estimate of drug-likeness (QED) is 0.487. The second-order valence-electron chi connectivity index (χ2n) is 3.20. The van der Waals surface area contributed by atoms with Crippen molar-refractivity contribution in [2.24, 2.45) is 5.73 Å². The maximum absolute atomic E-state index is 10.3. The molecule has 1 fully saturated rings. The second-order valence-corrected chi connectivity index (χ2v) is 3.20. The number of nitrogens with one attached hydrogen (secondary N) is 1. The molecule has 1 aliphatic rings. The van der Waals surface area contributed by atoms with Crippen LogP contribution in [0.5, 0.6) is 0 Å². The van der Waals surface area contributed by atoms with E-state index in [9.17, 15) is 4.79 Å². The lowest BCUT2D eigenvalue weighted by Gasteiger charge is -2.13. The van der Waals surface area contributed by atoms with Crippen LogP contribution in [0, 0.1) is 0 Å². The lowest BCUT2D eigenvalue weighted by Crippen LogP contribution is -2.33. The smallest absolute Gasteiger partial charge is 0.336 e. The zero-order valence-electron chi connectivity index (χ0n) is 7.21. The van der Waals surface area contributed by atoms with Crippen molar-refractivity contribution in [3.63, 3.8) is 0 Å². The van der Waals surface area contributed by atoms with Gasteiger partial charge in [-0.2, -0.15) is 0 Å². The zero-order chi connectivity index (χ0) is 8.81. The molecule has 4 heteroatoms. The molecule has 1 saturated carbocycles. The second kappa shape index (κ2) is 4.98. The Morgan fingerprint density at radius 3 is 2.33 bits per heavy atom. The van der Waals surface area contributed by atoms with E-state index in [0.717, 1.165) is 12.8 Å². The number of primary amides is 1. The van der Waals surface area contributed by atoms with Gasteiger partial charge in [-0.3, -0.25) is 4.84 Å². The summed E-state index contributed by atoms with van der Waals surface area (Å²) >= 11 is 0. The number of rotatable bonds is 2. The molecule has 70 valence electrons. The van der Waals surface area contributed by atoms with E-state index < -0.39 is 6.03 Å². The van der Waals surface area contributed by atoms with Crippen molar-refractivity contribution in [1.82, 2.24) is 5.48 Å². The third-order valence-electron chi connectivity index (χ3n) is 2.13. The zero-order valence-corrected chi connectivity index (χ0v) is 7.21. The molecular weight excluding hydrogens is 156 g/mol. The molecule has 0 aromatic heterocycles. The highest BCUT2D eigenvalue weighted by atomic mass is 16.7. The van der Waals surface area contributed by atoms with Gasteiger partial charge in [0.15, 0.2) is 0 Å². The van der Waals surface area contributed by atoms with Crippen LogP contribution in [0.15, 0.2) is 0 Å². The van der Waals surface area contributed by atoms with Gasteiger partial charge >= 0.3 is 6.03 Å². The third kappa shape index (κ3) is 3.57. The number of carbonyl (C=O) groups excluding carboxylic acids is 1. The summed E-state index contributed by atoms with van der Waals surface area (Å²) in [7, 11) is 0. The summed E-state index contributed by atoms with van der Waals surface area (Å²) in [4.78, 5) is 15.4. The molecule has 0 radical (unpaired) electrons. The molecule has 0 aliphatic heterocycles. The minimum atomic E-state index is -0.612. The van der Waals surface area contributed by atoms with Crippen LogP contribution in [0.2, 0.25) is 0 Å². The minimum absolute atomic E-state index is 0.167. The summed E-state index contributed by atoms with van der Waals surface area (Å²) in [6, 6.07) is -0.612.